The number of imide groups is 1. The number of ether oxygens (including phenoxy) is 1. The average Bonchev–Trinajstić information content (AvgIpc) is 2.88. The van der Waals surface area contributed by atoms with Gasteiger partial charge in [-0.3, -0.25) is 4.79 Å². The minimum absolute atomic E-state index is 0.167. The van der Waals surface area contributed by atoms with Gasteiger partial charge < -0.3 is 15.9 Å². The smallest absolute Gasteiger partial charge is 0.416 e. The topological polar surface area (TPSA) is 121 Å². The zero-order valence-corrected chi connectivity index (χ0v) is 19.6. The van der Waals surface area contributed by atoms with Gasteiger partial charge in [0.25, 0.3) is 5.91 Å². The lowest BCUT2D eigenvalue weighted by Gasteiger charge is -2.24. The van der Waals surface area contributed by atoms with Crippen LogP contribution in [0.15, 0.2) is 77.9 Å². The van der Waals surface area contributed by atoms with Crippen LogP contribution in [0.2, 0.25) is 0 Å². The fraction of sp³-hybridized carbons (Fsp3) is 0.185. The van der Waals surface area contributed by atoms with Crippen LogP contribution in [0.1, 0.15) is 23.6 Å². The van der Waals surface area contributed by atoms with Crippen molar-refractivity contribution in [3.8, 4) is 17.2 Å². The lowest BCUT2D eigenvalue weighted by atomic mass is 9.99. The Hall–Kier alpha value is -4.64. The zero-order chi connectivity index (χ0) is 25.2. The van der Waals surface area contributed by atoms with Crippen molar-refractivity contribution in [2.45, 2.75) is 19.4 Å². The first-order valence-corrected chi connectivity index (χ1v) is 11.1. The van der Waals surface area contributed by atoms with Crippen LogP contribution in [0.25, 0.3) is 11.1 Å². The summed E-state index contributed by atoms with van der Waals surface area (Å²) in [7, 11) is 1.40. The van der Waals surface area contributed by atoms with Gasteiger partial charge in [0.1, 0.15) is 6.04 Å². The maximum absolute atomic E-state index is 13.2. The zero-order valence-electron chi connectivity index (χ0n) is 19.6. The summed E-state index contributed by atoms with van der Waals surface area (Å²) >= 11 is 0. The molecule has 2 amide bonds. The lowest BCUT2D eigenvalue weighted by molar-refractivity contribution is -0.129. The summed E-state index contributed by atoms with van der Waals surface area (Å²) in [6.07, 6.45) is 1.13. The first-order chi connectivity index (χ1) is 17.0. The van der Waals surface area contributed by atoms with Gasteiger partial charge in [-0.25, -0.2) is 9.69 Å². The molecule has 0 bridgehead atoms. The number of nitrogens with two attached hydrogens (primary N) is 1. The normalized spacial score (nSPS) is 11.5. The Morgan fingerprint density at radius 2 is 1.89 bits per heavy atom. The highest BCUT2D eigenvalue weighted by atomic mass is 16.6. The summed E-state index contributed by atoms with van der Waals surface area (Å²) in [6.45, 7) is 1.85. The third-order valence-electron chi connectivity index (χ3n) is 5.37. The predicted molar refractivity (Wildman–Crippen MR) is 136 cm³/mol. The van der Waals surface area contributed by atoms with Crippen molar-refractivity contribution in [3.63, 3.8) is 0 Å². The highest BCUT2D eigenvalue weighted by Crippen LogP contribution is 2.25. The van der Waals surface area contributed by atoms with E-state index in [1.807, 2.05) is 66.7 Å². The van der Waals surface area contributed by atoms with Crippen molar-refractivity contribution in [3.05, 3.63) is 89.5 Å². The Balaban J connectivity index is 1.87. The Morgan fingerprint density at radius 1 is 1.14 bits per heavy atom. The van der Waals surface area contributed by atoms with Crippen LogP contribution in [-0.4, -0.2) is 42.8 Å². The molecule has 0 heterocycles. The average molecular weight is 470 g/mol. The third-order valence-corrected chi connectivity index (χ3v) is 5.37. The molecule has 8 heteroatoms. The number of benzene rings is 3. The van der Waals surface area contributed by atoms with Gasteiger partial charge in [-0.05, 0) is 47.4 Å². The number of nitrogens with one attached hydrogen (secondary N) is 1. The monoisotopic (exact) mass is 469 g/mol. The standard InChI is InChI=1S/C27H27N5O3/c1-3-35-27(34)32(2)26(33)25(16-19-7-6-8-20(15-19)18-30-29)31-23-13-11-21(12-14-23)24-10-5-4-9-22(24)17-28/h4-15,18,25,31H,3,16,29H2,1-2H3/t25-/m0/s1. The summed E-state index contributed by atoms with van der Waals surface area (Å²) in [5.74, 6) is 4.83. The molecule has 3 N–H and O–H groups in total. The van der Waals surface area contributed by atoms with E-state index in [4.69, 9.17) is 10.6 Å². The van der Waals surface area contributed by atoms with Gasteiger partial charge in [0.15, 0.2) is 0 Å². The Bertz CT molecular complexity index is 1250. The number of anilines is 1. The van der Waals surface area contributed by atoms with E-state index in [0.717, 1.165) is 27.2 Å². The van der Waals surface area contributed by atoms with Gasteiger partial charge in [0.2, 0.25) is 0 Å². The minimum Gasteiger partial charge on any atom is -0.449 e. The summed E-state index contributed by atoms with van der Waals surface area (Å²) in [4.78, 5) is 26.4. The first kappa shape index (κ1) is 25.0. The molecule has 0 aliphatic carbocycles. The molecule has 3 aromatic rings. The van der Waals surface area contributed by atoms with E-state index in [1.165, 1.54) is 13.3 Å². The Kier molecular flexibility index (Phi) is 8.57. The van der Waals surface area contributed by atoms with Crippen LogP contribution in [-0.2, 0) is 16.0 Å². The molecule has 0 fully saturated rings. The second-order valence-corrected chi connectivity index (χ2v) is 7.76. The molecule has 0 unspecified atom stereocenters. The summed E-state index contributed by atoms with van der Waals surface area (Å²) in [6, 6.07) is 23.7. The molecule has 0 radical (unpaired) electrons. The Labute approximate surface area is 204 Å². The second kappa shape index (κ2) is 12.0. The lowest BCUT2D eigenvalue weighted by Crippen LogP contribution is -2.45. The van der Waals surface area contributed by atoms with E-state index in [9.17, 15) is 14.9 Å². The molecular weight excluding hydrogens is 442 g/mol. The van der Waals surface area contributed by atoms with E-state index < -0.39 is 18.0 Å². The fourth-order valence-corrected chi connectivity index (χ4v) is 3.65. The maximum Gasteiger partial charge on any atom is 0.416 e. The molecular formula is C27H27N5O3. The van der Waals surface area contributed by atoms with Gasteiger partial charge in [0, 0.05) is 19.2 Å². The number of hydrogen-bond acceptors (Lipinski definition) is 7. The minimum atomic E-state index is -0.744. The number of rotatable bonds is 8. The summed E-state index contributed by atoms with van der Waals surface area (Å²) < 4.78 is 4.99. The van der Waals surface area contributed by atoms with Crippen molar-refractivity contribution in [1.29, 1.82) is 5.26 Å². The molecule has 1 atom stereocenters. The van der Waals surface area contributed by atoms with Crippen LogP contribution in [0.3, 0.4) is 0 Å². The number of hydrazone groups is 1. The number of nitriles is 1. The first-order valence-electron chi connectivity index (χ1n) is 11.1. The Morgan fingerprint density at radius 3 is 2.57 bits per heavy atom. The molecule has 0 spiro atoms. The van der Waals surface area contributed by atoms with Crippen LogP contribution in [0.5, 0.6) is 0 Å². The number of likely N-dealkylation sites (N-methyl/N-ethyl adjacent to an activating group) is 1. The molecule has 3 rings (SSSR count). The number of carbonyl (C=O) groups is 2. The van der Waals surface area contributed by atoms with Gasteiger partial charge >= 0.3 is 6.09 Å². The van der Waals surface area contributed by atoms with Crippen LogP contribution in [0, 0.1) is 11.3 Å². The molecule has 8 nitrogen and oxygen atoms in total. The van der Waals surface area contributed by atoms with Crippen molar-refractivity contribution in [1.82, 2.24) is 4.90 Å². The number of amides is 2. The van der Waals surface area contributed by atoms with Crippen molar-refractivity contribution >= 4 is 23.9 Å². The van der Waals surface area contributed by atoms with Gasteiger partial charge in [0.05, 0.1) is 24.5 Å². The highest BCUT2D eigenvalue weighted by Gasteiger charge is 2.27. The van der Waals surface area contributed by atoms with E-state index in [1.54, 1.807) is 13.0 Å². The number of hydrogen-bond donors (Lipinski definition) is 2. The van der Waals surface area contributed by atoms with Gasteiger partial charge in [-0.15, -0.1) is 0 Å². The van der Waals surface area contributed by atoms with Crippen LogP contribution >= 0.6 is 0 Å². The molecule has 3 aromatic carbocycles. The largest absolute Gasteiger partial charge is 0.449 e. The highest BCUT2D eigenvalue weighted by molar-refractivity contribution is 5.96. The molecule has 0 aromatic heterocycles. The summed E-state index contributed by atoms with van der Waals surface area (Å²) in [5.41, 5.74) is 4.65. The van der Waals surface area contributed by atoms with Gasteiger partial charge in [-0.1, -0.05) is 54.6 Å². The predicted octanol–water partition coefficient (Wildman–Crippen LogP) is 4.16. The molecule has 0 aliphatic rings. The molecule has 0 aliphatic heterocycles. The van der Waals surface area contributed by atoms with Crippen molar-refractivity contribution in [2.75, 3.05) is 19.0 Å². The number of nitrogens with zero attached hydrogens (tertiary/aromatic N) is 3. The quantitative estimate of drug-likeness (QED) is 0.290. The molecule has 0 saturated heterocycles. The van der Waals surface area contributed by atoms with E-state index in [-0.39, 0.29) is 6.61 Å². The molecule has 35 heavy (non-hydrogen) atoms. The maximum atomic E-state index is 13.2. The van der Waals surface area contributed by atoms with Crippen molar-refractivity contribution < 1.29 is 14.3 Å². The van der Waals surface area contributed by atoms with Crippen LogP contribution in [0.4, 0.5) is 10.5 Å². The van der Waals surface area contributed by atoms with E-state index in [0.29, 0.717) is 17.7 Å². The van der Waals surface area contributed by atoms with Gasteiger partial charge in [-0.2, -0.15) is 10.4 Å². The van der Waals surface area contributed by atoms with Crippen LogP contribution < -0.4 is 11.2 Å². The molecule has 0 saturated carbocycles. The fourth-order valence-electron chi connectivity index (χ4n) is 3.65. The second-order valence-electron chi connectivity index (χ2n) is 7.76. The van der Waals surface area contributed by atoms with E-state index >= 15 is 0 Å². The third kappa shape index (κ3) is 6.45. The van der Waals surface area contributed by atoms with Crippen molar-refractivity contribution in [2.24, 2.45) is 10.9 Å². The SMILES string of the molecule is CCOC(=O)N(C)C(=O)[C@H](Cc1cccc(C=NN)c1)Nc1ccc(-c2ccccc2C#N)cc1. The molecule has 178 valence electrons. The van der Waals surface area contributed by atoms with E-state index in [2.05, 4.69) is 16.5 Å². The summed E-state index contributed by atoms with van der Waals surface area (Å²) in [5, 5.41) is 16.2. The number of carbonyl (C=O) groups excluding carboxylic acids is 2.